The second kappa shape index (κ2) is 4.08. The molecule has 0 atom stereocenters. The van der Waals surface area contributed by atoms with Gasteiger partial charge < -0.3 is 10.2 Å². The average molecular weight is 209 g/mol. The Morgan fingerprint density at radius 1 is 1.25 bits per heavy atom. The molecule has 4 nitrogen and oxygen atoms in total. The molecule has 0 spiro atoms. The molecule has 0 amide bonds. The van der Waals surface area contributed by atoms with E-state index in [9.17, 15) is 9.59 Å². The highest BCUT2D eigenvalue weighted by atomic mass is 35.5. The van der Waals surface area contributed by atoms with Crippen LogP contribution in [0, 0.1) is 0 Å². The molecule has 1 aromatic rings. The standard InChI is InChI=1S/C6H4O4S.ClH/c7-5(8)3-1-2-11-4(3)6(9)10;/h1-2H,(H,7,8)(H,9,10);1H. The van der Waals surface area contributed by atoms with Gasteiger partial charge in [0.05, 0.1) is 5.56 Å². The summed E-state index contributed by atoms with van der Waals surface area (Å²) in [5.74, 6) is -2.40. The molecular formula is C6H5ClO4S. The van der Waals surface area contributed by atoms with Gasteiger partial charge in [-0.3, -0.25) is 0 Å². The van der Waals surface area contributed by atoms with Crippen LogP contribution in [0.1, 0.15) is 20.0 Å². The Morgan fingerprint density at radius 2 is 1.83 bits per heavy atom. The van der Waals surface area contributed by atoms with Gasteiger partial charge in [-0.05, 0) is 11.4 Å². The monoisotopic (exact) mass is 208 g/mol. The molecule has 0 bridgehead atoms. The smallest absolute Gasteiger partial charge is 0.346 e. The van der Waals surface area contributed by atoms with Gasteiger partial charge in [0.25, 0.3) is 0 Å². The maximum atomic E-state index is 10.3. The van der Waals surface area contributed by atoms with E-state index >= 15 is 0 Å². The SMILES string of the molecule is Cl.O=C(O)c1ccsc1C(=O)O. The first-order valence-electron chi connectivity index (χ1n) is 2.67. The zero-order valence-corrected chi connectivity index (χ0v) is 7.32. The third-order valence-corrected chi connectivity index (χ3v) is 1.99. The van der Waals surface area contributed by atoms with E-state index < -0.39 is 11.9 Å². The summed E-state index contributed by atoms with van der Waals surface area (Å²) >= 11 is 0.906. The molecule has 6 heteroatoms. The number of aromatic carboxylic acids is 2. The maximum Gasteiger partial charge on any atom is 0.346 e. The van der Waals surface area contributed by atoms with Crippen LogP contribution in [0.2, 0.25) is 0 Å². The average Bonchev–Trinajstić information content (AvgIpc) is 2.32. The van der Waals surface area contributed by atoms with Gasteiger partial charge in [0.1, 0.15) is 4.88 Å². The molecule has 1 aromatic heterocycles. The molecule has 1 heterocycles. The fourth-order valence-electron chi connectivity index (χ4n) is 0.643. The predicted octanol–water partition coefficient (Wildman–Crippen LogP) is 1.57. The Morgan fingerprint density at radius 3 is 2.17 bits per heavy atom. The van der Waals surface area contributed by atoms with Crippen molar-refractivity contribution in [3.63, 3.8) is 0 Å². The summed E-state index contributed by atoms with van der Waals surface area (Å²) < 4.78 is 0. The molecule has 0 aliphatic rings. The van der Waals surface area contributed by atoms with Crippen molar-refractivity contribution in [1.29, 1.82) is 0 Å². The number of carboxylic acid groups (broad SMARTS) is 2. The van der Waals surface area contributed by atoms with Crippen LogP contribution in [0.5, 0.6) is 0 Å². The number of hydrogen-bond acceptors (Lipinski definition) is 3. The van der Waals surface area contributed by atoms with Crippen molar-refractivity contribution in [2.24, 2.45) is 0 Å². The van der Waals surface area contributed by atoms with E-state index in [4.69, 9.17) is 10.2 Å². The zero-order chi connectivity index (χ0) is 8.43. The zero-order valence-electron chi connectivity index (χ0n) is 5.68. The highest BCUT2D eigenvalue weighted by molar-refractivity contribution is 7.12. The Kier molecular flexibility index (Phi) is 3.72. The molecule has 1 rings (SSSR count). The van der Waals surface area contributed by atoms with Crippen molar-refractivity contribution in [3.8, 4) is 0 Å². The van der Waals surface area contributed by atoms with E-state index in [0.717, 1.165) is 11.3 Å². The minimum absolute atomic E-state index is 0. The largest absolute Gasteiger partial charge is 0.478 e. The summed E-state index contributed by atoms with van der Waals surface area (Å²) in [4.78, 5) is 20.5. The molecular weight excluding hydrogens is 204 g/mol. The topological polar surface area (TPSA) is 74.6 Å². The van der Waals surface area contributed by atoms with E-state index in [1.165, 1.54) is 11.4 Å². The number of thiophene rings is 1. The summed E-state index contributed by atoms with van der Waals surface area (Å²) in [7, 11) is 0. The fourth-order valence-corrected chi connectivity index (χ4v) is 1.37. The predicted molar refractivity (Wildman–Crippen MR) is 45.5 cm³/mol. The first kappa shape index (κ1) is 10.9. The summed E-state index contributed by atoms with van der Waals surface area (Å²) in [5, 5.41) is 18.3. The Labute approximate surface area is 77.9 Å². The number of rotatable bonds is 2. The second-order valence-electron chi connectivity index (χ2n) is 1.77. The van der Waals surface area contributed by atoms with E-state index in [0.29, 0.717) is 0 Å². The van der Waals surface area contributed by atoms with Crippen LogP contribution in [-0.4, -0.2) is 22.2 Å². The second-order valence-corrected chi connectivity index (χ2v) is 2.69. The molecule has 0 saturated carbocycles. The number of carboxylic acids is 2. The van der Waals surface area contributed by atoms with Crippen molar-refractivity contribution in [2.45, 2.75) is 0 Å². The van der Waals surface area contributed by atoms with Gasteiger partial charge in [0.15, 0.2) is 0 Å². The van der Waals surface area contributed by atoms with Crippen LogP contribution in [-0.2, 0) is 0 Å². The van der Waals surface area contributed by atoms with Crippen LogP contribution in [0.4, 0.5) is 0 Å². The van der Waals surface area contributed by atoms with Crippen molar-refractivity contribution in [3.05, 3.63) is 21.9 Å². The normalized spacial score (nSPS) is 8.67. The molecule has 0 aromatic carbocycles. The number of carbonyl (C=O) groups is 2. The van der Waals surface area contributed by atoms with Gasteiger partial charge in [-0.25, -0.2) is 9.59 Å². The van der Waals surface area contributed by atoms with E-state index in [2.05, 4.69) is 0 Å². The fraction of sp³-hybridized carbons (Fsp3) is 0. The summed E-state index contributed by atoms with van der Waals surface area (Å²) in [6.45, 7) is 0. The molecule has 0 aliphatic carbocycles. The minimum atomic E-state index is -1.20. The summed E-state index contributed by atoms with van der Waals surface area (Å²) in [6, 6.07) is 1.27. The van der Waals surface area contributed by atoms with Gasteiger partial charge in [0.2, 0.25) is 0 Å². The van der Waals surface area contributed by atoms with Crippen LogP contribution < -0.4 is 0 Å². The molecule has 12 heavy (non-hydrogen) atoms. The maximum absolute atomic E-state index is 10.3. The molecule has 66 valence electrons. The molecule has 0 fully saturated rings. The molecule has 2 N–H and O–H groups in total. The van der Waals surface area contributed by atoms with Gasteiger partial charge in [-0.15, -0.1) is 23.7 Å². The third-order valence-electron chi connectivity index (χ3n) is 1.09. The molecule has 0 saturated heterocycles. The van der Waals surface area contributed by atoms with E-state index in [-0.39, 0.29) is 22.8 Å². The lowest BCUT2D eigenvalue weighted by molar-refractivity contribution is 0.0656. The molecule has 0 unspecified atom stereocenters. The van der Waals surface area contributed by atoms with Crippen molar-refractivity contribution in [2.75, 3.05) is 0 Å². The van der Waals surface area contributed by atoms with Gasteiger partial charge in [-0.2, -0.15) is 0 Å². The lowest BCUT2D eigenvalue weighted by Crippen LogP contribution is -2.03. The lowest BCUT2D eigenvalue weighted by Gasteiger charge is -1.89. The summed E-state index contributed by atoms with van der Waals surface area (Å²) in [6.07, 6.45) is 0. The first-order chi connectivity index (χ1) is 5.13. The minimum Gasteiger partial charge on any atom is -0.478 e. The van der Waals surface area contributed by atoms with Crippen molar-refractivity contribution < 1.29 is 19.8 Å². The van der Waals surface area contributed by atoms with Crippen molar-refractivity contribution >= 4 is 35.7 Å². The van der Waals surface area contributed by atoms with Gasteiger partial charge in [-0.1, -0.05) is 0 Å². The lowest BCUT2D eigenvalue weighted by atomic mass is 10.2. The third kappa shape index (κ3) is 1.96. The Hall–Kier alpha value is -1.07. The van der Waals surface area contributed by atoms with Crippen LogP contribution >= 0.6 is 23.7 Å². The van der Waals surface area contributed by atoms with Gasteiger partial charge >= 0.3 is 11.9 Å². The van der Waals surface area contributed by atoms with Crippen LogP contribution in [0.3, 0.4) is 0 Å². The van der Waals surface area contributed by atoms with Gasteiger partial charge in [0, 0.05) is 0 Å². The number of halogens is 1. The van der Waals surface area contributed by atoms with E-state index in [1.807, 2.05) is 0 Å². The summed E-state index contributed by atoms with van der Waals surface area (Å²) in [5.41, 5.74) is -0.150. The number of hydrogen-bond donors (Lipinski definition) is 2. The Balaban J connectivity index is 0.00000121. The van der Waals surface area contributed by atoms with E-state index in [1.54, 1.807) is 0 Å². The highest BCUT2D eigenvalue weighted by Gasteiger charge is 2.16. The van der Waals surface area contributed by atoms with Crippen molar-refractivity contribution in [1.82, 2.24) is 0 Å². The Bertz CT molecular complexity index is 278. The molecule has 0 aliphatic heterocycles. The van der Waals surface area contributed by atoms with Crippen LogP contribution in [0.25, 0.3) is 0 Å². The van der Waals surface area contributed by atoms with Crippen LogP contribution in [0.15, 0.2) is 11.4 Å². The quantitative estimate of drug-likeness (QED) is 0.774. The molecule has 0 radical (unpaired) electrons. The highest BCUT2D eigenvalue weighted by Crippen LogP contribution is 2.16. The first-order valence-corrected chi connectivity index (χ1v) is 3.55.